The first-order valence-corrected chi connectivity index (χ1v) is 13.6. The summed E-state index contributed by atoms with van der Waals surface area (Å²) in [6.45, 7) is 0. The maximum Gasteiger partial charge on any atom is 0.227 e. The summed E-state index contributed by atoms with van der Waals surface area (Å²) in [4.78, 5) is 7.03. The summed E-state index contributed by atoms with van der Waals surface area (Å²) in [6.07, 6.45) is 0. The van der Waals surface area contributed by atoms with Crippen LogP contribution < -0.4 is 4.90 Å². The van der Waals surface area contributed by atoms with Crippen molar-refractivity contribution in [2.75, 3.05) is 4.90 Å². The average Bonchev–Trinajstić information content (AvgIpc) is 3.63. The fourth-order valence-electron chi connectivity index (χ4n) is 5.52. The van der Waals surface area contributed by atoms with Crippen LogP contribution in [-0.4, -0.2) is 4.98 Å². The van der Waals surface area contributed by atoms with Gasteiger partial charge in [0.25, 0.3) is 0 Å². The molecule has 0 amide bonds. The predicted molar refractivity (Wildman–Crippen MR) is 167 cm³/mol. The Labute approximate surface area is 236 Å². The quantitative estimate of drug-likeness (QED) is 0.223. The summed E-state index contributed by atoms with van der Waals surface area (Å²) in [7, 11) is 0. The van der Waals surface area contributed by atoms with Gasteiger partial charge in [0.05, 0.1) is 5.69 Å². The van der Waals surface area contributed by atoms with Gasteiger partial charge in [0.2, 0.25) is 5.89 Å². The third kappa shape index (κ3) is 4.05. The molecule has 0 N–H and O–H groups in total. The van der Waals surface area contributed by atoms with E-state index in [1.807, 2.05) is 48.5 Å². The average molecular weight is 529 g/mol. The Morgan fingerprint density at radius 2 is 1.10 bits per heavy atom. The third-order valence-electron chi connectivity index (χ3n) is 7.49. The molecule has 41 heavy (non-hydrogen) atoms. The summed E-state index contributed by atoms with van der Waals surface area (Å²) in [5.74, 6) is 0.604. The van der Waals surface area contributed by atoms with Crippen molar-refractivity contribution in [2.45, 2.75) is 0 Å². The number of hydrogen-bond donors (Lipinski definition) is 0. The standard InChI is InChI=1S/C37H24N2O2/c1-4-11-25(12-5-1)26-19-21-29(22-20-26)39(28-15-8-3-9-16-28)33-18-10-17-30-31-23-32-35(24-34(31)40-36(30)33)41-37(38-32)27-13-6-2-7-14-27/h1-24H. The topological polar surface area (TPSA) is 42.4 Å². The van der Waals surface area contributed by atoms with Crippen LogP contribution in [-0.2, 0) is 0 Å². The van der Waals surface area contributed by atoms with Crippen molar-refractivity contribution in [3.8, 4) is 22.6 Å². The highest BCUT2D eigenvalue weighted by atomic mass is 16.4. The van der Waals surface area contributed by atoms with Crippen LogP contribution in [0, 0.1) is 0 Å². The van der Waals surface area contributed by atoms with E-state index in [1.54, 1.807) is 0 Å². The van der Waals surface area contributed by atoms with E-state index in [9.17, 15) is 0 Å². The van der Waals surface area contributed by atoms with Gasteiger partial charge in [-0.15, -0.1) is 0 Å². The van der Waals surface area contributed by atoms with Crippen molar-refractivity contribution >= 4 is 50.1 Å². The summed E-state index contributed by atoms with van der Waals surface area (Å²) < 4.78 is 12.7. The molecule has 0 saturated carbocycles. The molecule has 4 nitrogen and oxygen atoms in total. The molecule has 0 radical (unpaired) electrons. The molecule has 8 rings (SSSR count). The van der Waals surface area contributed by atoms with E-state index >= 15 is 0 Å². The molecule has 2 heterocycles. The first-order valence-electron chi connectivity index (χ1n) is 13.6. The summed E-state index contributed by atoms with van der Waals surface area (Å²) in [5, 5.41) is 2.04. The zero-order valence-electron chi connectivity index (χ0n) is 22.1. The first-order chi connectivity index (χ1) is 20.3. The second-order valence-electron chi connectivity index (χ2n) is 10.0. The number of anilines is 3. The van der Waals surface area contributed by atoms with E-state index in [0.717, 1.165) is 50.1 Å². The van der Waals surface area contributed by atoms with E-state index in [4.69, 9.17) is 13.8 Å². The number of nitrogens with zero attached hydrogens (tertiary/aromatic N) is 2. The number of oxazole rings is 1. The van der Waals surface area contributed by atoms with Gasteiger partial charge in [0, 0.05) is 33.8 Å². The van der Waals surface area contributed by atoms with Gasteiger partial charge in [0.15, 0.2) is 11.2 Å². The molecule has 8 aromatic rings. The SMILES string of the molecule is c1ccc(-c2ccc(N(c3ccccc3)c3cccc4c3oc3cc5oc(-c6ccccc6)nc5cc34)cc2)cc1. The minimum absolute atomic E-state index is 0.604. The van der Waals surface area contributed by atoms with Crippen LogP contribution in [0.4, 0.5) is 17.1 Å². The van der Waals surface area contributed by atoms with Crippen molar-refractivity contribution in [1.82, 2.24) is 4.98 Å². The Morgan fingerprint density at radius 3 is 1.83 bits per heavy atom. The zero-order chi connectivity index (χ0) is 27.2. The minimum atomic E-state index is 0.604. The van der Waals surface area contributed by atoms with Gasteiger partial charge < -0.3 is 13.7 Å². The summed E-state index contributed by atoms with van der Waals surface area (Å²) in [5.41, 5.74) is 9.47. The second-order valence-corrected chi connectivity index (χ2v) is 10.0. The first kappa shape index (κ1) is 23.3. The van der Waals surface area contributed by atoms with Gasteiger partial charge in [-0.3, -0.25) is 0 Å². The molecule has 2 aromatic heterocycles. The maximum atomic E-state index is 6.59. The molecule has 4 heteroatoms. The number of hydrogen-bond acceptors (Lipinski definition) is 4. The van der Waals surface area contributed by atoms with Crippen LogP contribution in [0.25, 0.3) is 55.6 Å². The van der Waals surface area contributed by atoms with Crippen molar-refractivity contribution in [2.24, 2.45) is 0 Å². The Bertz CT molecular complexity index is 2130. The molecule has 0 aliphatic carbocycles. The van der Waals surface area contributed by atoms with Crippen molar-refractivity contribution in [3.63, 3.8) is 0 Å². The Morgan fingerprint density at radius 1 is 0.463 bits per heavy atom. The maximum absolute atomic E-state index is 6.59. The Kier molecular flexibility index (Phi) is 5.42. The van der Waals surface area contributed by atoms with Crippen molar-refractivity contribution in [3.05, 3.63) is 146 Å². The molecule has 0 atom stereocenters. The predicted octanol–water partition coefficient (Wildman–Crippen LogP) is 10.5. The molecule has 0 unspecified atom stereocenters. The fraction of sp³-hybridized carbons (Fsp3) is 0. The normalized spacial score (nSPS) is 11.4. The van der Waals surface area contributed by atoms with Gasteiger partial charge in [-0.1, -0.05) is 91.0 Å². The molecule has 0 aliphatic heterocycles. The van der Waals surface area contributed by atoms with E-state index < -0.39 is 0 Å². The van der Waals surface area contributed by atoms with Crippen molar-refractivity contribution < 1.29 is 8.83 Å². The Balaban J connectivity index is 1.28. The minimum Gasteiger partial charge on any atom is -0.454 e. The molecule has 0 bridgehead atoms. The largest absolute Gasteiger partial charge is 0.454 e. The van der Waals surface area contributed by atoms with E-state index in [2.05, 4.69) is 102 Å². The van der Waals surface area contributed by atoms with E-state index in [1.165, 1.54) is 11.1 Å². The molecule has 0 fully saturated rings. The highest BCUT2D eigenvalue weighted by molar-refractivity contribution is 6.13. The van der Waals surface area contributed by atoms with Crippen LogP contribution in [0.1, 0.15) is 0 Å². The number of aromatic nitrogens is 1. The molecule has 0 aliphatic rings. The summed E-state index contributed by atoms with van der Waals surface area (Å²) in [6, 6.07) is 49.8. The molecular formula is C37H24N2O2. The van der Waals surface area contributed by atoms with Crippen LogP contribution in [0.3, 0.4) is 0 Å². The molecule has 0 saturated heterocycles. The van der Waals surface area contributed by atoms with Crippen LogP contribution in [0.15, 0.2) is 154 Å². The van der Waals surface area contributed by atoms with Crippen LogP contribution in [0.2, 0.25) is 0 Å². The molecular weight excluding hydrogens is 504 g/mol. The van der Waals surface area contributed by atoms with Gasteiger partial charge in [-0.25, -0.2) is 4.98 Å². The van der Waals surface area contributed by atoms with Gasteiger partial charge in [-0.2, -0.15) is 0 Å². The van der Waals surface area contributed by atoms with Crippen LogP contribution in [0.5, 0.6) is 0 Å². The number of benzene rings is 6. The molecule has 6 aromatic carbocycles. The second kappa shape index (κ2) is 9.54. The number of furan rings is 1. The number of rotatable bonds is 5. The Hall–Kier alpha value is -5.61. The zero-order valence-corrected chi connectivity index (χ0v) is 22.1. The van der Waals surface area contributed by atoms with E-state index in [-0.39, 0.29) is 0 Å². The van der Waals surface area contributed by atoms with Gasteiger partial charge in [0.1, 0.15) is 11.1 Å². The molecule has 0 spiro atoms. The monoisotopic (exact) mass is 528 g/mol. The lowest BCUT2D eigenvalue weighted by Gasteiger charge is -2.25. The number of para-hydroxylation sites is 2. The van der Waals surface area contributed by atoms with Crippen molar-refractivity contribution in [1.29, 1.82) is 0 Å². The fourth-order valence-corrected chi connectivity index (χ4v) is 5.52. The lowest BCUT2D eigenvalue weighted by atomic mass is 10.0. The third-order valence-corrected chi connectivity index (χ3v) is 7.49. The highest BCUT2D eigenvalue weighted by Gasteiger charge is 2.20. The van der Waals surface area contributed by atoms with Gasteiger partial charge >= 0.3 is 0 Å². The lowest BCUT2D eigenvalue weighted by Crippen LogP contribution is -2.10. The smallest absolute Gasteiger partial charge is 0.227 e. The molecule has 194 valence electrons. The lowest BCUT2D eigenvalue weighted by molar-refractivity contribution is 0.617. The number of fused-ring (bicyclic) bond motifs is 4. The summed E-state index contributed by atoms with van der Waals surface area (Å²) >= 11 is 0. The van der Waals surface area contributed by atoms with Crippen LogP contribution >= 0.6 is 0 Å². The van der Waals surface area contributed by atoms with E-state index in [0.29, 0.717) is 11.5 Å². The highest BCUT2D eigenvalue weighted by Crippen LogP contribution is 2.43. The van der Waals surface area contributed by atoms with Gasteiger partial charge in [-0.05, 0) is 59.7 Å².